The molecule has 0 saturated carbocycles. The Balaban J connectivity index is 0.000000309. The summed E-state index contributed by atoms with van der Waals surface area (Å²) in [7, 11) is 103. The van der Waals surface area contributed by atoms with Crippen LogP contribution in [0.5, 0.6) is 0 Å². The summed E-state index contributed by atoms with van der Waals surface area (Å²) in [4.78, 5) is 2.81. The fourth-order valence-corrected chi connectivity index (χ4v) is 837. The highest BCUT2D eigenvalue weighted by molar-refractivity contribution is 9.53. The molecular weight excluding hydrogens is 2770 g/mol. The fourth-order valence-electron chi connectivity index (χ4n) is 19.0. The van der Waals surface area contributed by atoms with Crippen molar-refractivity contribution in [1.29, 1.82) is 0 Å². The maximum atomic E-state index is 3.64. The predicted molar refractivity (Wildman–Crippen MR) is 838 cm³/mol. The summed E-state index contributed by atoms with van der Waals surface area (Å²) in [5.74, 6) is 0. The Hall–Kier alpha value is 18.5. The first kappa shape index (κ1) is 139. The molecule has 2 aliphatic carbocycles. The number of hydrogen-bond acceptors (Lipinski definition) is 2. The second-order valence-electron chi connectivity index (χ2n) is 34.0. The smallest absolute Gasteiger partial charge is 0.0543 e. The lowest BCUT2D eigenvalue weighted by Gasteiger charge is -2.59. The first-order chi connectivity index (χ1) is 66.5. The van der Waals surface area contributed by atoms with Crippen LogP contribution in [0.4, 0.5) is 17.1 Å². The number of unbranched alkanes of at least 4 members (excludes halogenated alkanes) is 20. The standard InChI is InChI=1S/C80H95NS.H59P57/c1-5-9-13-17-21-35-55-79(56-36-22-18-14-10-6-2)67-47-31-27-44-63(67)77-69(79)49-39-52-72(77)81(71-51-33-29-42-61(71)66-59-75-76(62-43-26-25-41-60(62)66)65-46-30-34-54-74(65)82-75)73-53-40-50-70-78(73)64-45-28-32-48-68(64)80(70,57-37-23-19-15-11-7-3)58-38-24-20-16-12-8-4;1-30-45(31(2)3)52(44(28)29)56(53(46(32(4)5)33(6)7)47(34(8)9)35(10)11)57(54(48(36(12)13)37(14)15)49(38(16)17)39(18)19)55(50(40(20)21)41(22)23)51(42(24)25)43(26)27/h25-34,39-54,59H,5-24,35-38,55-58H2,1-4H3;30H,1-29H2. The van der Waals surface area contributed by atoms with Crippen molar-refractivity contribution in [2.24, 2.45) is 0 Å². The van der Waals surface area contributed by atoms with Gasteiger partial charge in [-0.3, -0.25) is 0 Å². The third-order valence-corrected chi connectivity index (χ3v) is 422. The maximum absolute atomic E-state index is 3.64. The summed E-state index contributed by atoms with van der Waals surface area (Å²) in [5, 5.41) is 5.38. The van der Waals surface area contributed by atoms with E-state index in [1.54, 1.807) is 22.3 Å². The topological polar surface area (TPSA) is 3.24 Å². The van der Waals surface area contributed by atoms with Crippen LogP contribution in [0.15, 0.2) is 164 Å². The maximum Gasteiger partial charge on any atom is 0.0543 e. The van der Waals surface area contributed by atoms with Crippen LogP contribution < -0.4 is 4.90 Å². The lowest BCUT2D eigenvalue weighted by Crippen LogP contribution is -2.26. The van der Waals surface area contributed by atoms with Crippen molar-refractivity contribution in [3.63, 3.8) is 0 Å². The first-order valence-electron chi connectivity index (χ1n) is 46.2. The lowest BCUT2D eigenvalue weighted by molar-refractivity contribution is 0.398. The second-order valence-corrected chi connectivity index (χ2v) is 268. The fraction of sp³-hybridized carbons (Fsp3) is 0.425. The highest BCUT2D eigenvalue weighted by Crippen LogP contribution is 3.48. The number of fused-ring (bicyclic) bond motifs is 11. The molecule has 8 aromatic carbocycles. The molecular formula is C80H154NP57S. The molecule has 11 rings (SSSR count). The van der Waals surface area contributed by atoms with Crippen molar-refractivity contribution >= 4 is 515 Å². The summed E-state index contributed by atoms with van der Waals surface area (Å²) in [6.45, 7) is 4.01. The molecule has 0 amide bonds. The van der Waals surface area contributed by atoms with Crippen molar-refractivity contribution < 1.29 is 0 Å². The Morgan fingerprint density at radius 2 is 0.504 bits per heavy atom. The van der Waals surface area contributed by atoms with E-state index in [9.17, 15) is 0 Å². The Bertz CT molecular complexity index is 4890. The van der Waals surface area contributed by atoms with E-state index >= 15 is 0 Å². The molecule has 9 aromatic rings. The van der Waals surface area contributed by atoms with E-state index in [1.165, 1.54) is 261 Å². The molecule has 770 valence electrons. The van der Waals surface area contributed by atoms with E-state index in [1.807, 2.05) is 11.3 Å². The zero-order valence-corrected chi connectivity index (χ0v) is 140. The zero-order valence-electron chi connectivity index (χ0n) is 80.1. The molecule has 0 radical (unpaired) electrons. The lowest BCUT2D eigenvalue weighted by atomic mass is 9.70. The summed E-state index contributed by atoms with van der Waals surface area (Å²) in [5.41, 5.74) is 18.4. The van der Waals surface area contributed by atoms with Crippen LogP contribution >= 0.6 is 467 Å². The van der Waals surface area contributed by atoms with Gasteiger partial charge in [0.2, 0.25) is 0 Å². The molecule has 1 nitrogen and oxygen atoms in total. The minimum atomic E-state index is -0.247. The molecule has 0 N–H and O–H groups in total. The monoisotopic (exact) mass is 2930 g/mol. The average Bonchev–Trinajstić information content (AvgIpc) is 1.58. The molecule has 0 bridgehead atoms. The van der Waals surface area contributed by atoms with Crippen LogP contribution in [0.25, 0.3) is 64.3 Å². The quantitative estimate of drug-likeness (QED) is 0.0271. The van der Waals surface area contributed by atoms with E-state index in [0.717, 1.165) is 7.96 Å². The Kier molecular flexibility index (Phi) is 72.6. The van der Waals surface area contributed by atoms with Gasteiger partial charge in [0, 0.05) is 47.7 Å². The summed E-state index contributed by atoms with van der Waals surface area (Å²) in [6.07, 6.45) is 36.3. The van der Waals surface area contributed by atoms with Crippen molar-refractivity contribution in [3.8, 4) is 33.4 Å². The van der Waals surface area contributed by atoms with Gasteiger partial charge in [-0.2, -0.15) is 0 Å². The number of rotatable bonds is 59. The van der Waals surface area contributed by atoms with Crippen molar-refractivity contribution in [3.05, 3.63) is 186 Å². The Labute approximate surface area is 946 Å². The Morgan fingerprint density at radius 3 is 0.835 bits per heavy atom. The number of nitrogens with zero attached hydrogens (tertiary/aromatic N) is 1. The van der Waals surface area contributed by atoms with Gasteiger partial charge in [0.05, 0.1) is 17.1 Å². The number of hydrogen-bond donors (Lipinski definition) is 0. The summed E-state index contributed by atoms with van der Waals surface area (Å²) < 4.78 is 2.70. The van der Waals surface area contributed by atoms with E-state index in [0.29, 0.717) is 0 Å². The average molecular weight is 2930 g/mol. The van der Waals surface area contributed by atoms with E-state index in [4.69, 9.17) is 0 Å². The molecule has 0 saturated heterocycles. The van der Waals surface area contributed by atoms with Crippen LogP contribution in [-0.4, -0.2) is 0 Å². The van der Waals surface area contributed by atoms with Crippen LogP contribution in [-0.2, 0) is 10.8 Å². The minimum Gasteiger partial charge on any atom is -0.309 e. The third-order valence-electron chi connectivity index (χ3n) is 24.6. The zero-order chi connectivity index (χ0) is 101. The van der Waals surface area contributed by atoms with Gasteiger partial charge in [0.25, 0.3) is 0 Å². The first-order valence-corrected chi connectivity index (χ1v) is 151. The van der Waals surface area contributed by atoms with Crippen LogP contribution in [0.3, 0.4) is 0 Å². The van der Waals surface area contributed by atoms with E-state index in [2.05, 4.69) is 455 Å². The molecule has 139 heavy (non-hydrogen) atoms. The van der Waals surface area contributed by atoms with E-state index < -0.39 is 0 Å². The van der Waals surface area contributed by atoms with Gasteiger partial charge in [-0.15, -0.1) is 270 Å². The SMILES string of the molecule is CCCCCCCCC1(CCCCCCCC)c2ccccc2-c2c(N(c3ccccc3-c3cc4sc5ccccc5c4c4ccccc34)c3cccc4c3-c3ccccc3C4(CCCCCCCC)CCCCCCCC)cccc21.PPP(P(P)P)P(P(P)P)P(P(P(P(P)P)P(P)P)P(P(P)P)P(P)P)P(P(P(P(P)P)P(P)P)P(P(P)P)P(P)P)P(P(P(P)P)P(P)P)P(P(P)P)P(P)P. The summed E-state index contributed by atoms with van der Waals surface area (Å²) in [6, 6.07) is 65.0. The Morgan fingerprint density at radius 1 is 0.237 bits per heavy atom. The molecule has 1 aromatic heterocycles. The van der Waals surface area contributed by atoms with Gasteiger partial charge in [0.15, 0.2) is 0 Å². The molecule has 2 aliphatic rings. The highest BCUT2D eigenvalue weighted by Gasteiger charge is 2.61. The van der Waals surface area contributed by atoms with Gasteiger partial charge in [-0.1, -0.05) is 323 Å². The molecule has 1 heterocycles. The summed E-state index contributed by atoms with van der Waals surface area (Å²) >= 11 is 1.94. The number of thiophene rings is 1. The van der Waals surface area contributed by atoms with Crippen LogP contribution in [0.1, 0.15) is 230 Å². The molecule has 0 fully saturated rings. The number of anilines is 3. The third kappa shape index (κ3) is 37.6. The van der Waals surface area contributed by atoms with Gasteiger partial charge in [-0.05, 0) is 294 Å². The van der Waals surface area contributed by atoms with Gasteiger partial charge >= 0.3 is 0 Å². The van der Waals surface area contributed by atoms with Crippen molar-refractivity contribution in [2.75, 3.05) is 4.90 Å². The largest absolute Gasteiger partial charge is 0.309 e. The van der Waals surface area contributed by atoms with E-state index in [-0.39, 0.29) is 199 Å². The van der Waals surface area contributed by atoms with Gasteiger partial charge in [-0.25, -0.2) is 0 Å². The minimum absolute atomic E-state index is 0.0420. The molecule has 59 heteroatoms. The van der Waals surface area contributed by atoms with Crippen LogP contribution in [0.2, 0.25) is 0 Å². The van der Waals surface area contributed by atoms with Crippen LogP contribution in [0, 0.1) is 0 Å². The molecule has 0 spiro atoms. The predicted octanol–water partition coefficient (Wildman–Crippen LogP) is 59.2. The number of benzene rings is 8. The molecule has 0 aliphatic heterocycles. The van der Waals surface area contributed by atoms with Crippen molar-refractivity contribution in [1.82, 2.24) is 0 Å². The van der Waals surface area contributed by atoms with Gasteiger partial charge in [0.1, 0.15) is 0 Å². The number of para-hydroxylation sites is 1. The van der Waals surface area contributed by atoms with Gasteiger partial charge < -0.3 is 4.90 Å². The normalized spacial score (nSPS) is 14.7. The highest BCUT2D eigenvalue weighted by atomic mass is 33.6. The molecule has 33 atom stereocenters. The second kappa shape index (κ2) is 72.5. The molecule has 33 unspecified atom stereocenters. The van der Waals surface area contributed by atoms with Crippen molar-refractivity contribution in [2.45, 2.75) is 218 Å².